The first-order valence-electron chi connectivity index (χ1n) is 10.4. The number of rotatable bonds is 8. The van der Waals surface area contributed by atoms with Crippen LogP contribution in [0.2, 0.25) is 0 Å². The van der Waals surface area contributed by atoms with Gasteiger partial charge >= 0.3 is 15.5 Å². The molecule has 0 atom stereocenters. The number of imidazole rings is 1. The van der Waals surface area contributed by atoms with Crippen LogP contribution in [-0.4, -0.2) is 82.4 Å². The third-order valence-electron chi connectivity index (χ3n) is 5.81. The van der Waals surface area contributed by atoms with E-state index in [2.05, 4.69) is 20.1 Å². The van der Waals surface area contributed by atoms with E-state index in [1.807, 2.05) is 0 Å². The molecule has 15 heteroatoms. The molecule has 1 fully saturated rings. The second-order valence-corrected chi connectivity index (χ2v) is 9.92. The molecule has 0 spiro atoms. The average molecular weight is 513 g/mol. The summed E-state index contributed by atoms with van der Waals surface area (Å²) in [4.78, 5) is 13.0. The van der Waals surface area contributed by atoms with Crippen LogP contribution in [-0.2, 0) is 20.3 Å². The average Bonchev–Trinajstić information content (AvgIpc) is 3.45. The summed E-state index contributed by atoms with van der Waals surface area (Å²) in [7, 11) is -2.38. The van der Waals surface area contributed by atoms with Crippen molar-refractivity contribution in [1.29, 1.82) is 0 Å². The number of ether oxygens (including phenoxy) is 1. The Bertz CT molecular complexity index is 1390. The van der Waals surface area contributed by atoms with Crippen LogP contribution in [0.25, 0.3) is 22.6 Å². The van der Waals surface area contributed by atoms with E-state index in [9.17, 15) is 21.6 Å². The summed E-state index contributed by atoms with van der Waals surface area (Å²) >= 11 is 0. The Hall–Kier alpha value is -3.30. The van der Waals surface area contributed by atoms with Crippen molar-refractivity contribution in [3.8, 4) is 11.4 Å². The van der Waals surface area contributed by atoms with Gasteiger partial charge in [0, 0.05) is 76.5 Å². The molecule has 1 saturated heterocycles. The van der Waals surface area contributed by atoms with E-state index in [4.69, 9.17) is 10.5 Å². The minimum atomic E-state index is -5.44. The van der Waals surface area contributed by atoms with Gasteiger partial charge < -0.3 is 10.5 Å². The predicted molar refractivity (Wildman–Crippen MR) is 122 cm³/mol. The Morgan fingerprint density at radius 2 is 2.11 bits per heavy atom. The molecular weight excluding hydrogens is 489 g/mol. The van der Waals surface area contributed by atoms with E-state index in [-0.39, 0.29) is 26.1 Å². The number of aromatic nitrogens is 5. The molecule has 4 heterocycles. The zero-order valence-electron chi connectivity index (χ0n) is 18.8. The van der Waals surface area contributed by atoms with Gasteiger partial charge in [-0.15, -0.1) is 0 Å². The summed E-state index contributed by atoms with van der Waals surface area (Å²) in [6, 6.07) is 1.74. The summed E-state index contributed by atoms with van der Waals surface area (Å²) in [5, 5.41) is 4.36. The molecule has 0 radical (unpaired) electrons. The van der Waals surface area contributed by atoms with Crippen LogP contribution in [0.4, 0.5) is 13.2 Å². The lowest BCUT2D eigenvalue weighted by atomic mass is 9.89. The maximum absolute atomic E-state index is 13.0. The van der Waals surface area contributed by atoms with Gasteiger partial charge in [-0.05, 0) is 6.42 Å². The molecule has 0 aromatic carbocycles. The molecule has 11 nitrogen and oxygen atoms in total. The molecule has 35 heavy (non-hydrogen) atoms. The standard InChI is InChI=1S/C20H23F3N8O3S/c1-25-9-14(8-24)16-7-17-26-4-5-30(17)18(28-16)15-10-27-31(11-15)19(3-6-34-2)12-29(13-19)35(32,33)20(21,22)23/h4-5,7-11H,3,6,12-13,24H2,1-2H3/b14-8+,25-9?. The van der Waals surface area contributed by atoms with Crippen LogP contribution in [0.5, 0.6) is 0 Å². The van der Waals surface area contributed by atoms with Crippen molar-refractivity contribution in [3.63, 3.8) is 0 Å². The molecule has 0 bridgehead atoms. The van der Waals surface area contributed by atoms with Crippen LogP contribution in [0.3, 0.4) is 0 Å². The van der Waals surface area contributed by atoms with Gasteiger partial charge in [0.15, 0.2) is 0 Å². The molecule has 1 aliphatic heterocycles. The zero-order valence-corrected chi connectivity index (χ0v) is 19.7. The summed E-state index contributed by atoms with van der Waals surface area (Å²) in [5.74, 6) is 0.464. The van der Waals surface area contributed by atoms with Crippen LogP contribution in [0.1, 0.15) is 12.1 Å². The number of aliphatic imine (C=N–C) groups is 1. The van der Waals surface area contributed by atoms with Gasteiger partial charge in [-0.2, -0.15) is 22.6 Å². The van der Waals surface area contributed by atoms with Gasteiger partial charge in [0.05, 0.1) is 23.0 Å². The fourth-order valence-electron chi connectivity index (χ4n) is 3.94. The number of nitrogens with zero attached hydrogens (tertiary/aromatic N) is 7. The number of halogens is 3. The lowest BCUT2D eigenvalue weighted by molar-refractivity contribution is -0.0585. The maximum Gasteiger partial charge on any atom is 0.511 e. The number of hydrogen-bond acceptors (Lipinski definition) is 8. The highest BCUT2D eigenvalue weighted by atomic mass is 32.2. The van der Waals surface area contributed by atoms with Crippen molar-refractivity contribution >= 4 is 27.5 Å². The Morgan fingerprint density at radius 3 is 2.74 bits per heavy atom. The van der Waals surface area contributed by atoms with Gasteiger partial charge in [-0.3, -0.25) is 14.1 Å². The van der Waals surface area contributed by atoms with E-state index in [1.165, 1.54) is 24.2 Å². The summed E-state index contributed by atoms with van der Waals surface area (Å²) in [6.07, 6.45) is 9.62. The fraction of sp³-hybridized carbons (Fsp3) is 0.400. The molecule has 0 aliphatic carbocycles. The van der Waals surface area contributed by atoms with Gasteiger partial charge in [0.2, 0.25) is 0 Å². The third kappa shape index (κ3) is 4.30. The number of sulfonamides is 1. The Balaban J connectivity index is 1.73. The number of methoxy groups -OCH3 is 1. The lowest BCUT2D eigenvalue weighted by Crippen LogP contribution is -2.66. The molecule has 1 aliphatic rings. The van der Waals surface area contributed by atoms with Crippen molar-refractivity contribution in [2.24, 2.45) is 10.7 Å². The van der Waals surface area contributed by atoms with Crippen LogP contribution < -0.4 is 5.73 Å². The third-order valence-corrected chi connectivity index (χ3v) is 7.33. The minimum absolute atomic E-state index is 0.204. The second kappa shape index (κ2) is 9.05. The van der Waals surface area contributed by atoms with Gasteiger partial charge in [0.1, 0.15) is 11.5 Å². The number of nitrogens with two attached hydrogens (primary N) is 1. The number of hydrogen-bond donors (Lipinski definition) is 1. The highest BCUT2D eigenvalue weighted by molar-refractivity contribution is 7.90. The van der Waals surface area contributed by atoms with Crippen molar-refractivity contribution in [1.82, 2.24) is 28.5 Å². The van der Waals surface area contributed by atoms with E-state index in [0.29, 0.717) is 32.6 Å². The number of allylic oxidation sites excluding steroid dienone is 1. The fourth-order valence-corrected chi connectivity index (χ4v) is 5.06. The Labute approximate surface area is 198 Å². The second-order valence-electron chi connectivity index (χ2n) is 7.99. The SMILES string of the molecule is CN=C/C(=C\N)c1cc2nccn2c(-c2cnn(C3(CCOC)CN(S(=O)(=O)C(F)(F)F)C3)c2)n1. The molecule has 3 aromatic rings. The van der Waals surface area contributed by atoms with Gasteiger partial charge in [-0.1, -0.05) is 0 Å². The highest BCUT2D eigenvalue weighted by Gasteiger charge is 2.58. The van der Waals surface area contributed by atoms with Crippen molar-refractivity contribution in [2.45, 2.75) is 17.5 Å². The maximum atomic E-state index is 13.0. The Kier molecular flexibility index (Phi) is 6.42. The molecule has 0 saturated carbocycles. The van der Waals surface area contributed by atoms with E-state index >= 15 is 0 Å². The van der Waals surface area contributed by atoms with E-state index in [0.717, 1.165) is 0 Å². The molecule has 188 valence electrons. The number of fused-ring (bicyclic) bond motifs is 1. The molecule has 0 amide bonds. The van der Waals surface area contributed by atoms with Crippen LogP contribution >= 0.6 is 0 Å². The van der Waals surface area contributed by atoms with Crippen molar-refractivity contribution in [3.05, 3.63) is 42.7 Å². The normalized spacial score (nSPS) is 17.3. The quantitative estimate of drug-likeness (QED) is 0.452. The monoisotopic (exact) mass is 512 g/mol. The van der Waals surface area contributed by atoms with Crippen molar-refractivity contribution in [2.75, 3.05) is 33.9 Å². The van der Waals surface area contributed by atoms with Gasteiger partial charge in [-0.25, -0.2) is 18.4 Å². The Morgan fingerprint density at radius 1 is 1.37 bits per heavy atom. The van der Waals surface area contributed by atoms with Crippen LogP contribution in [0, 0.1) is 0 Å². The topological polar surface area (TPSA) is 133 Å². The summed E-state index contributed by atoms with van der Waals surface area (Å²) in [6.45, 7) is -0.573. The summed E-state index contributed by atoms with van der Waals surface area (Å²) in [5.41, 5.74) is 1.57. The predicted octanol–water partition coefficient (Wildman–Crippen LogP) is 1.49. The first-order valence-corrected chi connectivity index (χ1v) is 11.8. The van der Waals surface area contributed by atoms with Crippen molar-refractivity contribution < 1.29 is 26.3 Å². The number of alkyl halides is 3. The first-order chi connectivity index (χ1) is 16.6. The first kappa shape index (κ1) is 24.8. The zero-order chi connectivity index (χ0) is 25.4. The molecule has 3 aromatic heterocycles. The molecule has 2 N–H and O–H groups in total. The molecular formula is C20H23F3N8O3S. The van der Waals surface area contributed by atoms with Crippen LogP contribution in [0.15, 0.2) is 42.0 Å². The largest absolute Gasteiger partial charge is 0.511 e. The highest BCUT2D eigenvalue weighted by Crippen LogP contribution is 2.39. The summed E-state index contributed by atoms with van der Waals surface area (Å²) < 4.78 is 71.5. The van der Waals surface area contributed by atoms with Gasteiger partial charge in [0.25, 0.3) is 0 Å². The minimum Gasteiger partial charge on any atom is -0.404 e. The molecule has 4 rings (SSSR count). The van der Waals surface area contributed by atoms with E-state index < -0.39 is 21.1 Å². The van der Waals surface area contributed by atoms with E-state index in [1.54, 1.807) is 42.3 Å². The smallest absolute Gasteiger partial charge is 0.404 e. The lowest BCUT2D eigenvalue weighted by Gasteiger charge is -2.49. The molecule has 0 unspecified atom stereocenters.